The van der Waals surface area contributed by atoms with Crippen molar-refractivity contribution in [1.29, 1.82) is 0 Å². The van der Waals surface area contributed by atoms with Gasteiger partial charge >= 0.3 is 0 Å². The van der Waals surface area contributed by atoms with E-state index in [0.29, 0.717) is 10.8 Å². The van der Waals surface area contributed by atoms with Crippen LogP contribution in [-0.4, -0.2) is 5.11 Å². The zero-order valence-electron chi connectivity index (χ0n) is 10.7. The molecule has 2 rings (SSSR count). The highest BCUT2D eigenvalue weighted by Crippen LogP contribution is 2.32. The number of aryl methyl sites for hydroxylation is 1. The molecule has 0 aliphatic rings. The maximum absolute atomic E-state index is 9.93. The van der Waals surface area contributed by atoms with Crippen LogP contribution in [0.25, 0.3) is 0 Å². The monoisotopic (exact) mass is 339 g/mol. The summed E-state index contributed by atoms with van der Waals surface area (Å²) < 4.78 is 0.941. The van der Waals surface area contributed by atoms with E-state index < -0.39 is 0 Å². The van der Waals surface area contributed by atoms with Gasteiger partial charge in [0.05, 0.1) is 11.7 Å². The molecule has 0 heterocycles. The molecule has 0 aromatic heterocycles. The van der Waals surface area contributed by atoms with Crippen LogP contribution in [0.15, 0.2) is 40.9 Å². The number of anilines is 1. The van der Waals surface area contributed by atoms with Crippen LogP contribution in [0.4, 0.5) is 5.69 Å². The summed E-state index contributed by atoms with van der Waals surface area (Å²) in [6, 6.07) is 11.1. The van der Waals surface area contributed by atoms with Gasteiger partial charge in [-0.05, 0) is 54.0 Å². The van der Waals surface area contributed by atoms with Crippen LogP contribution in [0.2, 0.25) is 5.02 Å². The van der Waals surface area contributed by atoms with Crippen molar-refractivity contribution in [3.05, 3.63) is 57.0 Å². The molecule has 2 aromatic carbocycles. The second-order valence-electron chi connectivity index (χ2n) is 4.55. The smallest absolute Gasteiger partial charge is 0.120 e. The van der Waals surface area contributed by atoms with Crippen LogP contribution in [0, 0.1) is 6.92 Å². The molecule has 0 aliphatic carbocycles. The number of aromatic hydroxyl groups is 1. The number of hydrogen-bond acceptors (Lipinski definition) is 2. The molecule has 0 radical (unpaired) electrons. The molecule has 0 amide bonds. The lowest BCUT2D eigenvalue weighted by atomic mass is 10.0. The number of halogens is 2. The van der Waals surface area contributed by atoms with Crippen LogP contribution in [-0.2, 0) is 0 Å². The normalized spacial score (nSPS) is 12.2. The average molecular weight is 341 g/mol. The molecule has 0 saturated heterocycles. The number of benzene rings is 2. The molecule has 2 nitrogen and oxygen atoms in total. The van der Waals surface area contributed by atoms with E-state index in [1.54, 1.807) is 6.07 Å². The molecule has 1 unspecified atom stereocenters. The number of rotatable bonds is 3. The molecule has 4 heteroatoms. The van der Waals surface area contributed by atoms with Gasteiger partial charge in [0.25, 0.3) is 0 Å². The quantitative estimate of drug-likeness (QED) is 0.795. The van der Waals surface area contributed by atoms with Gasteiger partial charge in [0, 0.05) is 15.1 Å². The molecule has 0 fully saturated rings. The lowest BCUT2D eigenvalue weighted by Gasteiger charge is -2.18. The number of phenols is 1. The first kappa shape index (κ1) is 14.2. The Labute approximate surface area is 126 Å². The van der Waals surface area contributed by atoms with E-state index in [4.69, 9.17) is 11.6 Å². The van der Waals surface area contributed by atoms with E-state index in [1.165, 1.54) is 0 Å². The Morgan fingerprint density at radius 2 is 1.95 bits per heavy atom. The number of nitrogens with one attached hydrogen (secondary N) is 1. The number of hydrogen-bond donors (Lipinski definition) is 2. The summed E-state index contributed by atoms with van der Waals surface area (Å²) in [6.45, 7) is 4.01. The Kier molecular flexibility index (Phi) is 4.38. The molecule has 0 saturated carbocycles. The van der Waals surface area contributed by atoms with E-state index in [0.717, 1.165) is 21.3 Å². The lowest BCUT2D eigenvalue weighted by Crippen LogP contribution is -2.07. The first-order valence-corrected chi connectivity index (χ1v) is 7.15. The Bertz CT molecular complexity index is 601. The third-order valence-corrected chi connectivity index (χ3v) is 3.88. The van der Waals surface area contributed by atoms with Crippen molar-refractivity contribution in [2.24, 2.45) is 0 Å². The van der Waals surface area contributed by atoms with Gasteiger partial charge in [-0.3, -0.25) is 0 Å². The zero-order valence-corrected chi connectivity index (χ0v) is 13.1. The highest BCUT2D eigenvalue weighted by Gasteiger charge is 2.12. The van der Waals surface area contributed by atoms with Crippen molar-refractivity contribution in [2.75, 3.05) is 5.32 Å². The Balaban J connectivity index is 2.27. The topological polar surface area (TPSA) is 32.3 Å². The van der Waals surface area contributed by atoms with Crippen LogP contribution in [0.1, 0.15) is 24.1 Å². The van der Waals surface area contributed by atoms with E-state index >= 15 is 0 Å². The summed E-state index contributed by atoms with van der Waals surface area (Å²) in [5, 5.41) is 13.9. The highest BCUT2D eigenvalue weighted by atomic mass is 79.9. The summed E-state index contributed by atoms with van der Waals surface area (Å²) in [5.74, 6) is 0.295. The maximum Gasteiger partial charge on any atom is 0.120 e. The third kappa shape index (κ3) is 3.43. The SMILES string of the molecule is Cc1ccc(O)c(C(C)Nc2cc(Cl)ccc2Br)c1. The van der Waals surface area contributed by atoms with Gasteiger partial charge in [-0.15, -0.1) is 0 Å². The van der Waals surface area contributed by atoms with Gasteiger partial charge in [-0.2, -0.15) is 0 Å². The Hall–Kier alpha value is -1.19. The zero-order chi connectivity index (χ0) is 14.0. The third-order valence-electron chi connectivity index (χ3n) is 2.95. The first-order valence-electron chi connectivity index (χ1n) is 5.98. The predicted molar refractivity (Wildman–Crippen MR) is 84.0 cm³/mol. The van der Waals surface area contributed by atoms with E-state index in [1.807, 2.05) is 44.2 Å². The van der Waals surface area contributed by atoms with Gasteiger partial charge in [0.2, 0.25) is 0 Å². The molecule has 1 atom stereocenters. The Morgan fingerprint density at radius 1 is 1.21 bits per heavy atom. The largest absolute Gasteiger partial charge is 0.508 e. The fraction of sp³-hybridized carbons (Fsp3) is 0.200. The summed E-state index contributed by atoms with van der Waals surface area (Å²) in [7, 11) is 0. The van der Waals surface area contributed by atoms with Crippen LogP contribution >= 0.6 is 27.5 Å². The minimum atomic E-state index is -0.0188. The summed E-state index contributed by atoms with van der Waals surface area (Å²) in [6.07, 6.45) is 0. The molecular formula is C15H15BrClNO. The fourth-order valence-electron chi connectivity index (χ4n) is 1.94. The molecule has 2 N–H and O–H groups in total. The van der Waals surface area contributed by atoms with Crippen molar-refractivity contribution in [2.45, 2.75) is 19.9 Å². The van der Waals surface area contributed by atoms with Gasteiger partial charge in [-0.1, -0.05) is 29.3 Å². The van der Waals surface area contributed by atoms with Crippen LogP contribution < -0.4 is 5.32 Å². The lowest BCUT2D eigenvalue weighted by molar-refractivity contribution is 0.465. The van der Waals surface area contributed by atoms with Crippen molar-refractivity contribution in [3.8, 4) is 5.75 Å². The summed E-state index contributed by atoms with van der Waals surface area (Å²) in [5.41, 5.74) is 2.89. The minimum absolute atomic E-state index is 0.0188. The highest BCUT2D eigenvalue weighted by molar-refractivity contribution is 9.10. The minimum Gasteiger partial charge on any atom is -0.508 e. The fourth-order valence-corrected chi connectivity index (χ4v) is 2.47. The van der Waals surface area contributed by atoms with Crippen LogP contribution in [0.5, 0.6) is 5.75 Å². The molecule has 0 spiro atoms. The molecular weight excluding hydrogens is 326 g/mol. The van der Waals surface area contributed by atoms with Crippen molar-refractivity contribution in [3.63, 3.8) is 0 Å². The second kappa shape index (κ2) is 5.85. The standard InChI is InChI=1S/C15H15BrClNO/c1-9-3-6-15(19)12(7-9)10(2)18-14-8-11(17)4-5-13(14)16/h3-8,10,18-19H,1-2H3. The molecule has 0 aliphatic heterocycles. The average Bonchev–Trinajstić information content (AvgIpc) is 2.36. The summed E-state index contributed by atoms with van der Waals surface area (Å²) >= 11 is 9.47. The van der Waals surface area contributed by atoms with E-state index in [2.05, 4.69) is 21.2 Å². The molecule has 2 aromatic rings. The molecule has 19 heavy (non-hydrogen) atoms. The van der Waals surface area contributed by atoms with Crippen molar-refractivity contribution in [1.82, 2.24) is 0 Å². The van der Waals surface area contributed by atoms with E-state index in [-0.39, 0.29) is 6.04 Å². The van der Waals surface area contributed by atoms with Gasteiger partial charge in [-0.25, -0.2) is 0 Å². The van der Waals surface area contributed by atoms with Gasteiger partial charge in [0.1, 0.15) is 5.75 Å². The summed E-state index contributed by atoms with van der Waals surface area (Å²) in [4.78, 5) is 0. The van der Waals surface area contributed by atoms with Crippen molar-refractivity contribution < 1.29 is 5.11 Å². The maximum atomic E-state index is 9.93. The number of phenolic OH excluding ortho intramolecular Hbond substituents is 1. The van der Waals surface area contributed by atoms with Crippen molar-refractivity contribution >= 4 is 33.2 Å². The van der Waals surface area contributed by atoms with Gasteiger partial charge < -0.3 is 10.4 Å². The predicted octanol–water partition coefficient (Wildman–Crippen LogP) is 5.29. The molecule has 100 valence electrons. The molecule has 0 bridgehead atoms. The van der Waals surface area contributed by atoms with Gasteiger partial charge in [0.15, 0.2) is 0 Å². The van der Waals surface area contributed by atoms with E-state index in [9.17, 15) is 5.11 Å². The second-order valence-corrected chi connectivity index (χ2v) is 5.84. The Morgan fingerprint density at radius 3 is 2.68 bits per heavy atom. The first-order chi connectivity index (χ1) is 8.97. The van der Waals surface area contributed by atoms with Crippen LogP contribution in [0.3, 0.4) is 0 Å².